The number of Topliss-reactive ketones (excluding diaryl/α,β-unsaturated/α-hetero) is 1. The maximum atomic E-state index is 12.0. The minimum Gasteiger partial charge on any atom is -0.295 e. The Morgan fingerprint density at radius 1 is 1.21 bits per heavy atom. The third-order valence-electron chi connectivity index (χ3n) is 2.37. The highest BCUT2D eigenvalue weighted by molar-refractivity contribution is 7.90. The molecule has 0 aromatic heterocycles. The second-order valence-electron chi connectivity index (χ2n) is 3.85. The summed E-state index contributed by atoms with van der Waals surface area (Å²) in [6.45, 7) is 1.04. The molecule has 0 spiro atoms. The first-order valence-electron chi connectivity index (χ1n) is 5.29. The Hall–Kier alpha value is -1.41. The van der Waals surface area contributed by atoms with E-state index >= 15 is 0 Å². The van der Waals surface area contributed by atoms with Crippen molar-refractivity contribution in [2.75, 3.05) is 6.54 Å². The largest absolute Gasteiger partial charge is 0.511 e. The van der Waals surface area contributed by atoms with Gasteiger partial charge in [0.15, 0.2) is 5.78 Å². The number of carbonyl (C=O) groups is 1. The smallest absolute Gasteiger partial charge is 0.295 e. The molecule has 0 aliphatic rings. The topological polar surface area (TPSA) is 63.2 Å². The van der Waals surface area contributed by atoms with Gasteiger partial charge in [-0.2, -0.15) is 13.2 Å². The number of benzene rings is 1. The molecule has 1 N–H and O–H groups in total. The minimum atomic E-state index is -5.30. The van der Waals surface area contributed by atoms with Gasteiger partial charge in [0.25, 0.3) is 0 Å². The minimum absolute atomic E-state index is 0.105. The van der Waals surface area contributed by atoms with Gasteiger partial charge in [-0.3, -0.25) is 4.79 Å². The number of ketones is 1. The highest BCUT2D eigenvalue weighted by Crippen LogP contribution is 2.21. The summed E-state index contributed by atoms with van der Waals surface area (Å²) < 4.78 is 58.9. The zero-order valence-electron chi connectivity index (χ0n) is 9.99. The van der Waals surface area contributed by atoms with Crippen LogP contribution < -0.4 is 4.72 Å². The Labute approximate surface area is 108 Å². The fourth-order valence-corrected chi connectivity index (χ4v) is 1.85. The van der Waals surface area contributed by atoms with Crippen LogP contribution in [-0.4, -0.2) is 26.3 Å². The number of hydrogen-bond donors (Lipinski definition) is 1. The van der Waals surface area contributed by atoms with Gasteiger partial charge in [-0.25, -0.2) is 13.1 Å². The molecule has 0 heterocycles. The van der Waals surface area contributed by atoms with Crippen molar-refractivity contribution < 1.29 is 26.4 Å². The summed E-state index contributed by atoms with van der Waals surface area (Å²) in [6.07, 6.45) is 0.105. The number of nitrogens with one attached hydrogen (secondary N) is 1. The predicted molar refractivity (Wildman–Crippen MR) is 63.1 cm³/mol. The Balaban J connectivity index is 2.57. The van der Waals surface area contributed by atoms with Gasteiger partial charge in [-0.1, -0.05) is 24.3 Å². The van der Waals surface area contributed by atoms with Crippen molar-refractivity contribution in [2.45, 2.75) is 18.9 Å². The molecule has 0 radical (unpaired) electrons. The Morgan fingerprint density at radius 3 is 2.16 bits per heavy atom. The van der Waals surface area contributed by atoms with E-state index in [1.54, 1.807) is 12.1 Å². The van der Waals surface area contributed by atoms with Gasteiger partial charge in [0.1, 0.15) is 0 Å². The maximum absolute atomic E-state index is 12.0. The summed E-state index contributed by atoms with van der Waals surface area (Å²) in [6, 6.07) is 6.21. The van der Waals surface area contributed by atoms with Crippen LogP contribution in [0.15, 0.2) is 24.3 Å². The molecule has 1 rings (SSSR count). The summed E-state index contributed by atoms with van der Waals surface area (Å²) in [7, 11) is -5.29. The second kappa shape index (κ2) is 5.70. The van der Waals surface area contributed by atoms with E-state index in [4.69, 9.17) is 0 Å². The lowest BCUT2D eigenvalue weighted by Gasteiger charge is -2.09. The third-order valence-corrected chi connectivity index (χ3v) is 3.56. The zero-order valence-corrected chi connectivity index (χ0v) is 10.8. The first-order chi connectivity index (χ1) is 8.63. The van der Waals surface area contributed by atoms with Crippen LogP contribution >= 0.6 is 0 Å². The average Bonchev–Trinajstić information content (AvgIpc) is 2.28. The van der Waals surface area contributed by atoms with E-state index in [1.165, 1.54) is 23.8 Å². The van der Waals surface area contributed by atoms with E-state index in [0.717, 1.165) is 0 Å². The SMILES string of the molecule is CC(=O)c1ccc(CCNS(=O)(=O)C(F)(F)F)cc1. The normalized spacial score (nSPS) is 12.4. The first kappa shape index (κ1) is 15.6. The molecular weight excluding hydrogens is 283 g/mol. The van der Waals surface area contributed by atoms with Crippen molar-refractivity contribution in [2.24, 2.45) is 0 Å². The van der Waals surface area contributed by atoms with E-state index in [1.807, 2.05) is 0 Å². The summed E-state index contributed by atoms with van der Waals surface area (Å²) in [5.41, 5.74) is -4.18. The summed E-state index contributed by atoms with van der Waals surface area (Å²) in [5, 5.41) is 0. The summed E-state index contributed by atoms with van der Waals surface area (Å²) in [5.74, 6) is -0.121. The van der Waals surface area contributed by atoms with E-state index < -0.39 is 15.5 Å². The fraction of sp³-hybridized carbons (Fsp3) is 0.364. The van der Waals surface area contributed by atoms with E-state index in [9.17, 15) is 26.4 Å². The van der Waals surface area contributed by atoms with E-state index in [2.05, 4.69) is 0 Å². The number of alkyl halides is 3. The number of sulfonamides is 1. The van der Waals surface area contributed by atoms with Gasteiger partial charge in [-0.05, 0) is 18.9 Å². The number of hydrogen-bond acceptors (Lipinski definition) is 3. The van der Waals surface area contributed by atoms with Crippen LogP contribution in [0.2, 0.25) is 0 Å². The lowest BCUT2D eigenvalue weighted by molar-refractivity contribution is -0.0447. The van der Waals surface area contributed by atoms with Crippen LogP contribution in [0.25, 0.3) is 0 Å². The average molecular weight is 295 g/mol. The molecule has 0 bridgehead atoms. The van der Waals surface area contributed by atoms with Gasteiger partial charge in [0.2, 0.25) is 0 Å². The molecular formula is C11H12F3NO3S. The van der Waals surface area contributed by atoms with Crippen molar-refractivity contribution in [1.29, 1.82) is 0 Å². The molecule has 8 heteroatoms. The van der Waals surface area contributed by atoms with Crippen molar-refractivity contribution in [3.05, 3.63) is 35.4 Å². The van der Waals surface area contributed by atoms with Crippen molar-refractivity contribution in [3.8, 4) is 0 Å². The van der Waals surface area contributed by atoms with Crippen LogP contribution in [0.4, 0.5) is 13.2 Å². The van der Waals surface area contributed by atoms with Gasteiger partial charge < -0.3 is 0 Å². The molecule has 106 valence electrons. The lowest BCUT2D eigenvalue weighted by Crippen LogP contribution is -2.37. The molecule has 4 nitrogen and oxygen atoms in total. The van der Waals surface area contributed by atoms with Crippen LogP contribution in [0, 0.1) is 0 Å². The molecule has 0 fully saturated rings. The van der Waals surface area contributed by atoms with Crippen molar-refractivity contribution >= 4 is 15.8 Å². The number of carbonyl (C=O) groups excluding carboxylic acids is 1. The predicted octanol–water partition coefficient (Wildman–Crippen LogP) is 1.87. The zero-order chi connectivity index (χ0) is 14.7. The summed E-state index contributed by atoms with van der Waals surface area (Å²) >= 11 is 0. The molecule has 0 saturated heterocycles. The third kappa shape index (κ3) is 4.32. The van der Waals surface area contributed by atoms with Crippen LogP contribution in [0.5, 0.6) is 0 Å². The van der Waals surface area contributed by atoms with Crippen molar-refractivity contribution in [1.82, 2.24) is 4.72 Å². The Bertz CT molecular complexity index is 550. The summed E-state index contributed by atoms with van der Waals surface area (Å²) in [4.78, 5) is 11.0. The van der Waals surface area contributed by atoms with Gasteiger partial charge in [0, 0.05) is 12.1 Å². The number of rotatable bonds is 5. The van der Waals surface area contributed by atoms with Gasteiger partial charge in [0.05, 0.1) is 0 Å². The first-order valence-corrected chi connectivity index (χ1v) is 6.77. The Kier molecular flexibility index (Phi) is 4.70. The molecule has 0 atom stereocenters. The molecule has 0 aliphatic carbocycles. The molecule has 0 amide bonds. The maximum Gasteiger partial charge on any atom is 0.511 e. The highest BCUT2D eigenvalue weighted by atomic mass is 32.2. The van der Waals surface area contributed by atoms with Crippen molar-refractivity contribution in [3.63, 3.8) is 0 Å². The quantitative estimate of drug-likeness (QED) is 0.843. The molecule has 0 unspecified atom stereocenters. The molecule has 1 aromatic carbocycles. The van der Waals surface area contributed by atoms with Crippen LogP contribution in [0.3, 0.4) is 0 Å². The van der Waals surface area contributed by atoms with Crippen LogP contribution in [0.1, 0.15) is 22.8 Å². The standard InChI is InChI=1S/C11H12F3NO3S/c1-8(16)10-4-2-9(3-5-10)6-7-15-19(17,18)11(12,13)14/h2-5,15H,6-7H2,1H3. The fourth-order valence-electron chi connectivity index (χ4n) is 1.32. The van der Waals surface area contributed by atoms with Gasteiger partial charge >= 0.3 is 15.5 Å². The lowest BCUT2D eigenvalue weighted by atomic mass is 10.1. The molecule has 1 aromatic rings. The number of halogens is 3. The Morgan fingerprint density at radius 2 is 1.74 bits per heavy atom. The van der Waals surface area contributed by atoms with Gasteiger partial charge in [-0.15, -0.1) is 0 Å². The molecule has 0 aliphatic heterocycles. The molecule has 0 saturated carbocycles. The van der Waals surface area contributed by atoms with E-state index in [-0.39, 0.29) is 18.7 Å². The monoisotopic (exact) mass is 295 g/mol. The molecule has 19 heavy (non-hydrogen) atoms. The highest BCUT2D eigenvalue weighted by Gasteiger charge is 2.45. The second-order valence-corrected chi connectivity index (χ2v) is 5.61. The van der Waals surface area contributed by atoms with Crippen LogP contribution in [-0.2, 0) is 16.4 Å². The van der Waals surface area contributed by atoms with E-state index in [0.29, 0.717) is 11.1 Å².